The first-order chi connectivity index (χ1) is 12.7. The third-order valence-electron chi connectivity index (χ3n) is 4.60. The quantitative estimate of drug-likeness (QED) is 0.587. The Morgan fingerprint density at radius 1 is 0.962 bits per heavy atom. The number of nitrogens with zero attached hydrogens (tertiary/aromatic N) is 1. The number of amides is 1. The Bertz CT molecular complexity index is 830. The van der Waals surface area contributed by atoms with Crippen LogP contribution in [0.4, 0.5) is 11.4 Å². The molecule has 1 amide bonds. The van der Waals surface area contributed by atoms with Crippen LogP contribution in [0.15, 0.2) is 85.5 Å². The van der Waals surface area contributed by atoms with Gasteiger partial charge in [0.05, 0.1) is 0 Å². The number of benzene rings is 2. The summed E-state index contributed by atoms with van der Waals surface area (Å²) in [5.74, 6) is -0.183. The van der Waals surface area contributed by atoms with E-state index in [4.69, 9.17) is 0 Å². The summed E-state index contributed by atoms with van der Waals surface area (Å²) in [5.41, 5.74) is 4.16. The van der Waals surface area contributed by atoms with E-state index < -0.39 is 0 Å². The van der Waals surface area contributed by atoms with Crippen molar-refractivity contribution in [1.82, 2.24) is 0 Å². The second kappa shape index (κ2) is 8.34. The van der Waals surface area contributed by atoms with Gasteiger partial charge in [-0.3, -0.25) is 4.79 Å². The van der Waals surface area contributed by atoms with E-state index in [0.29, 0.717) is 5.57 Å². The highest BCUT2D eigenvalue weighted by Crippen LogP contribution is 2.25. The van der Waals surface area contributed by atoms with E-state index in [0.717, 1.165) is 35.6 Å². The standard InChI is InChI=1S/C23H24N2O/c1-3-21(18-11-6-5-7-12-18)22(4-2)23(26)24-19-13-10-14-20(17-19)25-15-8-9-16-25/h3-7,10-14,17H,1-2,8-9,15-16H2,(H,24,26)/b22-21-. The summed E-state index contributed by atoms with van der Waals surface area (Å²) < 4.78 is 0. The first-order valence-electron chi connectivity index (χ1n) is 8.94. The number of hydrogen-bond acceptors (Lipinski definition) is 2. The van der Waals surface area contributed by atoms with E-state index in [-0.39, 0.29) is 5.91 Å². The Morgan fingerprint density at radius 2 is 1.69 bits per heavy atom. The molecule has 0 aliphatic carbocycles. The van der Waals surface area contributed by atoms with Crippen LogP contribution in [0.1, 0.15) is 18.4 Å². The van der Waals surface area contributed by atoms with Gasteiger partial charge in [-0.1, -0.05) is 61.7 Å². The van der Waals surface area contributed by atoms with Gasteiger partial charge in [-0.25, -0.2) is 0 Å². The summed E-state index contributed by atoms with van der Waals surface area (Å²) in [6.45, 7) is 9.84. The van der Waals surface area contributed by atoms with E-state index in [9.17, 15) is 4.79 Å². The number of carbonyl (C=O) groups is 1. The molecule has 3 heteroatoms. The minimum Gasteiger partial charge on any atom is -0.371 e. The molecule has 132 valence electrons. The van der Waals surface area contributed by atoms with Crippen LogP contribution in [-0.4, -0.2) is 19.0 Å². The van der Waals surface area contributed by atoms with Crippen LogP contribution in [0.2, 0.25) is 0 Å². The van der Waals surface area contributed by atoms with E-state index in [1.165, 1.54) is 12.8 Å². The van der Waals surface area contributed by atoms with Crippen molar-refractivity contribution in [2.45, 2.75) is 12.8 Å². The SMILES string of the molecule is C=C/C(C(=O)Nc1cccc(N2CCCC2)c1)=C(\C=C)c1ccccc1. The number of hydrogen-bond donors (Lipinski definition) is 1. The Kier molecular flexibility index (Phi) is 5.69. The number of nitrogens with one attached hydrogen (secondary N) is 1. The molecule has 1 aliphatic heterocycles. The van der Waals surface area contributed by atoms with Crippen LogP contribution in [0.3, 0.4) is 0 Å². The normalized spacial score (nSPS) is 14.5. The lowest BCUT2D eigenvalue weighted by Crippen LogP contribution is -2.18. The number of anilines is 2. The molecule has 1 heterocycles. The van der Waals surface area contributed by atoms with Gasteiger partial charge in [0.1, 0.15) is 0 Å². The first-order valence-corrected chi connectivity index (χ1v) is 8.94. The summed E-state index contributed by atoms with van der Waals surface area (Å²) in [6, 6.07) is 17.8. The van der Waals surface area contributed by atoms with Crippen molar-refractivity contribution < 1.29 is 4.79 Å². The van der Waals surface area contributed by atoms with Crippen molar-refractivity contribution in [3.8, 4) is 0 Å². The monoisotopic (exact) mass is 344 g/mol. The van der Waals surface area contributed by atoms with E-state index in [2.05, 4.69) is 29.4 Å². The molecule has 3 rings (SSSR count). The molecule has 2 aromatic carbocycles. The molecular weight excluding hydrogens is 320 g/mol. The number of allylic oxidation sites excluding steroid dienone is 2. The zero-order valence-electron chi connectivity index (χ0n) is 14.9. The fraction of sp³-hybridized carbons (Fsp3) is 0.174. The summed E-state index contributed by atoms with van der Waals surface area (Å²) in [4.78, 5) is 15.2. The Hall–Kier alpha value is -3.07. The van der Waals surface area contributed by atoms with Gasteiger partial charge >= 0.3 is 0 Å². The molecule has 1 aliphatic rings. The minimum absolute atomic E-state index is 0.183. The van der Waals surface area contributed by atoms with Crippen LogP contribution in [0, 0.1) is 0 Å². The predicted octanol–water partition coefficient (Wildman–Crippen LogP) is 5.05. The number of rotatable bonds is 6. The maximum Gasteiger partial charge on any atom is 0.256 e. The van der Waals surface area contributed by atoms with Gasteiger partial charge < -0.3 is 10.2 Å². The second-order valence-electron chi connectivity index (χ2n) is 6.30. The lowest BCUT2D eigenvalue weighted by molar-refractivity contribution is -0.112. The molecule has 0 unspecified atom stereocenters. The van der Waals surface area contributed by atoms with Gasteiger partial charge in [-0.05, 0) is 42.2 Å². The lowest BCUT2D eigenvalue weighted by atomic mass is 9.99. The molecule has 2 aromatic rings. The Labute approximate surface area is 155 Å². The molecule has 0 spiro atoms. The molecule has 1 saturated heterocycles. The fourth-order valence-corrected chi connectivity index (χ4v) is 3.28. The fourth-order valence-electron chi connectivity index (χ4n) is 3.28. The van der Waals surface area contributed by atoms with Gasteiger partial charge in [0.15, 0.2) is 0 Å². The van der Waals surface area contributed by atoms with E-state index in [1.54, 1.807) is 12.2 Å². The van der Waals surface area contributed by atoms with Crippen molar-refractivity contribution in [3.63, 3.8) is 0 Å². The van der Waals surface area contributed by atoms with Gasteiger partial charge in [0, 0.05) is 30.0 Å². The highest BCUT2D eigenvalue weighted by molar-refractivity contribution is 6.12. The lowest BCUT2D eigenvalue weighted by Gasteiger charge is -2.18. The van der Waals surface area contributed by atoms with Crippen LogP contribution >= 0.6 is 0 Å². The Balaban J connectivity index is 1.85. The summed E-state index contributed by atoms with van der Waals surface area (Å²) in [6.07, 6.45) is 5.73. The summed E-state index contributed by atoms with van der Waals surface area (Å²) in [5, 5.41) is 3.00. The molecule has 0 radical (unpaired) electrons. The minimum atomic E-state index is -0.183. The maximum atomic E-state index is 12.8. The third kappa shape index (κ3) is 3.94. The predicted molar refractivity (Wildman–Crippen MR) is 110 cm³/mol. The van der Waals surface area contributed by atoms with Gasteiger partial charge in [-0.15, -0.1) is 0 Å². The van der Waals surface area contributed by atoms with Crippen LogP contribution in [0.25, 0.3) is 5.57 Å². The van der Waals surface area contributed by atoms with E-state index >= 15 is 0 Å². The highest BCUT2D eigenvalue weighted by atomic mass is 16.1. The van der Waals surface area contributed by atoms with Crippen molar-refractivity contribution in [2.24, 2.45) is 0 Å². The van der Waals surface area contributed by atoms with Crippen molar-refractivity contribution in [3.05, 3.63) is 91.0 Å². The molecule has 0 aromatic heterocycles. The average Bonchev–Trinajstić information content (AvgIpc) is 3.21. The van der Waals surface area contributed by atoms with Gasteiger partial charge in [0.2, 0.25) is 0 Å². The molecule has 0 atom stereocenters. The third-order valence-corrected chi connectivity index (χ3v) is 4.60. The van der Waals surface area contributed by atoms with Gasteiger partial charge in [-0.2, -0.15) is 0 Å². The van der Waals surface area contributed by atoms with E-state index in [1.807, 2.05) is 48.5 Å². The molecule has 0 saturated carbocycles. The topological polar surface area (TPSA) is 32.3 Å². The maximum absolute atomic E-state index is 12.8. The van der Waals surface area contributed by atoms with Crippen molar-refractivity contribution >= 4 is 22.9 Å². The van der Waals surface area contributed by atoms with Crippen LogP contribution in [0.5, 0.6) is 0 Å². The summed E-state index contributed by atoms with van der Waals surface area (Å²) >= 11 is 0. The van der Waals surface area contributed by atoms with Crippen molar-refractivity contribution in [2.75, 3.05) is 23.3 Å². The summed E-state index contributed by atoms with van der Waals surface area (Å²) in [7, 11) is 0. The average molecular weight is 344 g/mol. The molecule has 26 heavy (non-hydrogen) atoms. The zero-order valence-corrected chi connectivity index (χ0v) is 14.9. The Morgan fingerprint density at radius 3 is 2.35 bits per heavy atom. The number of carbonyl (C=O) groups excluding carboxylic acids is 1. The molecular formula is C23H24N2O. The zero-order chi connectivity index (χ0) is 18.4. The molecule has 1 N–H and O–H groups in total. The van der Waals surface area contributed by atoms with Gasteiger partial charge in [0.25, 0.3) is 5.91 Å². The van der Waals surface area contributed by atoms with Crippen LogP contribution in [-0.2, 0) is 4.79 Å². The highest BCUT2D eigenvalue weighted by Gasteiger charge is 2.15. The first kappa shape index (κ1) is 17.7. The van der Waals surface area contributed by atoms with Crippen LogP contribution < -0.4 is 10.2 Å². The smallest absolute Gasteiger partial charge is 0.256 e. The second-order valence-corrected chi connectivity index (χ2v) is 6.30. The molecule has 0 bridgehead atoms. The van der Waals surface area contributed by atoms with Crippen molar-refractivity contribution in [1.29, 1.82) is 0 Å². The molecule has 3 nitrogen and oxygen atoms in total. The largest absolute Gasteiger partial charge is 0.371 e. The molecule has 1 fully saturated rings.